The normalized spacial score (nSPS) is 11.1. The molecule has 0 aromatic heterocycles. The number of carbonyl (C=O) groups is 1. The van der Waals surface area contributed by atoms with Crippen LogP contribution >= 0.6 is 0 Å². The van der Waals surface area contributed by atoms with Gasteiger partial charge in [0.05, 0.1) is 0 Å². The van der Waals surface area contributed by atoms with E-state index in [1.54, 1.807) is 0 Å². The Labute approximate surface area is 52.5 Å². The molecule has 0 aromatic rings. The third-order valence-corrected chi connectivity index (χ3v) is 0.525. The molecular weight excluding hydrogens is 124 g/mol. The Balaban J connectivity index is 3.31. The molecule has 0 unspecified atom stereocenters. The molecule has 9 heavy (non-hydrogen) atoms. The van der Waals surface area contributed by atoms with E-state index in [9.17, 15) is 10.0 Å². The van der Waals surface area contributed by atoms with Gasteiger partial charge >= 0.3 is 5.97 Å². The van der Waals surface area contributed by atoms with Gasteiger partial charge in [0.1, 0.15) is 0 Å². The zero-order valence-electron chi connectivity index (χ0n) is 5.33. The van der Waals surface area contributed by atoms with Crippen LogP contribution in [0.1, 0.15) is 6.92 Å². The van der Waals surface area contributed by atoms with E-state index in [1.807, 2.05) is 0 Å². The van der Waals surface area contributed by atoms with Crippen LogP contribution in [0.5, 0.6) is 0 Å². The highest BCUT2D eigenvalue weighted by Gasteiger charge is 1.89. The van der Waals surface area contributed by atoms with Crippen LogP contribution in [0, 0.1) is 5.21 Å². The van der Waals surface area contributed by atoms with Crippen molar-refractivity contribution in [3.05, 3.63) is 5.21 Å². The second-order valence-electron chi connectivity index (χ2n) is 1.37. The topological polar surface area (TPSA) is 64.7 Å². The Kier molecular flexibility index (Phi) is 3.34. The Morgan fingerprint density at radius 1 is 1.89 bits per heavy atom. The number of ether oxygens (including phenoxy) is 1. The number of hydroxylamine groups is 1. The minimum atomic E-state index is -0.444. The molecule has 0 amide bonds. The average molecular weight is 132 g/mol. The second-order valence-corrected chi connectivity index (χ2v) is 1.37. The van der Waals surface area contributed by atoms with Crippen LogP contribution in [0.2, 0.25) is 0 Å². The maximum absolute atomic E-state index is 10.0. The number of azo groups is 1. The molecule has 0 heterocycles. The standard InChI is InChI=1S/C4H8N2O3/c1-4(7)9-3-5-6(2)8/h3H2,1-2H3/b6-5+. The third-order valence-electron chi connectivity index (χ3n) is 0.525. The van der Waals surface area contributed by atoms with Crippen molar-refractivity contribution in [3.63, 3.8) is 0 Å². The molecule has 0 N–H and O–H groups in total. The Morgan fingerprint density at radius 2 is 2.44 bits per heavy atom. The van der Waals surface area contributed by atoms with Gasteiger partial charge in [0.25, 0.3) is 0 Å². The highest BCUT2D eigenvalue weighted by Crippen LogP contribution is 1.76. The molecule has 52 valence electrons. The van der Waals surface area contributed by atoms with Crippen molar-refractivity contribution >= 4 is 5.97 Å². The number of nitrogens with zero attached hydrogens (tertiary/aromatic N) is 2. The monoisotopic (exact) mass is 132 g/mol. The van der Waals surface area contributed by atoms with E-state index in [0.717, 1.165) is 0 Å². The molecule has 0 spiro atoms. The summed E-state index contributed by atoms with van der Waals surface area (Å²) in [5.41, 5.74) is 0. The largest absolute Gasteiger partial charge is 0.600 e. The molecule has 0 atom stereocenters. The summed E-state index contributed by atoms with van der Waals surface area (Å²) in [4.78, 5) is 10.4. The van der Waals surface area contributed by atoms with Crippen molar-refractivity contribution in [1.29, 1.82) is 0 Å². The summed E-state index contributed by atoms with van der Waals surface area (Å²) in [6.07, 6.45) is 0. The van der Waals surface area contributed by atoms with E-state index in [-0.39, 0.29) is 6.73 Å². The number of esters is 1. The summed E-state index contributed by atoms with van der Waals surface area (Å²) in [5, 5.41) is 13.2. The second kappa shape index (κ2) is 3.82. The van der Waals surface area contributed by atoms with Crippen LogP contribution in [0.15, 0.2) is 5.11 Å². The van der Waals surface area contributed by atoms with Crippen molar-refractivity contribution < 1.29 is 14.4 Å². The minimum absolute atomic E-state index is 0.199. The summed E-state index contributed by atoms with van der Waals surface area (Å²) in [5.74, 6) is -0.444. The van der Waals surface area contributed by atoms with E-state index in [0.29, 0.717) is 4.86 Å². The zero-order valence-corrected chi connectivity index (χ0v) is 5.33. The van der Waals surface area contributed by atoms with Crippen LogP contribution in [-0.4, -0.2) is 24.6 Å². The van der Waals surface area contributed by atoms with Crippen molar-refractivity contribution in [1.82, 2.24) is 0 Å². The molecule has 5 nitrogen and oxygen atoms in total. The highest BCUT2D eigenvalue weighted by atomic mass is 16.6. The number of carbonyl (C=O) groups excluding carboxylic acids is 1. The van der Waals surface area contributed by atoms with Gasteiger partial charge in [0, 0.05) is 12.0 Å². The summed E-state index contributed by atoms with van der Waals surface area (Å²) >= 11 is 0. The number of rotatable bonds is 2. The van der Waals surface area contributed by atoms with Gasteiger partial charge in [0.15, 0.2) is 7.05 Å². The molecule has 0 aliphatic rings. The number of hydrogen-bond donors (Lipinski definition) is 0. The third kappa shape index (κ3) is 6.87. The molecule has 0 radical (unpaired) electrons. The quantitative estimate of drug-likeness (QED) is 0.231. The summed E-state index contributed by atoms with van der Waals surface area (Å²) in [6, 6.07) is 0. The molecule has 0 aliphatic carbocycles. The molecule has 0 fully saturated rings. The Morgan fingerprint density at radius 3 is 2.78 bits per heavy atom. The molecule has 0 bridgehead atoms. The SMILES string of the molecule is CC(=O)OC/N=[N+](\C)[O-]. The fraction of sp³-hybridized carbons (Fsp3) is 0.750. The van der Waals surface area contributed by atoms with E-state index < -0.39 is 5.97 Å². The first-order chi connectivity index (χ1) is 4.13. The van der Waals surface area contributed by atoms with Gasteiger partial charge < -0.3 is 9.94 Å². The van der Waals surface area contributed by atoms with E-state index in [1.165, 1.54) is 14.0 Å². The molecule has 0 aliphatic heterocycles. The van der Waals surface area contributed by atoms with Gasteiger partial charge in [-0.3, -0.25) is 4.79 Å². The lowest BCUT2D eigenvalue weighted by atomic mass is 10.8. The first-order valence-corrected chi connectivity index (χ1v) is 2.34. The maximum Gasteiger partial charge on any atom is 0.304 e. The smallest absolute Gasteiger partial charge is 0.304 e. The van der Waals surface area contributed by atoms with Gasteiger partial charge in [-0.2, -0.15) is 0 Å². The average Bonchev–Trinajstić information content (AvgIpc) is 1.63. The predicted molar refractivity (Wildman–Crippen MR) is 28.6 cm³/mol. The summed E-state index contributed by atoms with van der Waals surface area (Å²) in [6.45, 7) is 1.05. The molecule has 0 aromatic carbocycles. The van der Waals surface area contributed by atoms with E-state index in [4.69, 9.17) is 0 Å². The lowest BCUT2D eigenvalue weighted by molar-refractivity contribution is -0.502. The van der Waals surface area contributed by atoms with Crippen LogP contribution in [-0.2, 0) is 9.53 Å². The summed E-state index contributed by atoms with van der Waals surface area (Å²) < 4.78 is 4.31. The van der Waals surface area contributed by atoms with Crippen LogP contribution in [0.25, 0.3) is 0 Å². The first-order valence-electron chi connectivity index (χ1n) is 2.34. The zero-order chi connectivity index (χ0) is 7.28. The highest BCUT2D eigenvalue weighted by molar-refractivity contribution is 5.65. The van der Waals surface area contributed by atoms with E-state index >= 15 is 0 Å². The summed E-state index contributed by atoms with van der Waals surface area (Å²) in [7, 11) is 1.21. The fourth-order valence-electron chi connectivity index (χ4n) is 0.201. The maximum atomic E-state index is 10.0. The predicted octanol–water partition coefficient (Wildman–Crippen LogP) is 0.0993. The fourth-order valence-corrected chi connectivity index (χ4v) is 0.201. The lowest BCUT2D eigenvalue weighted by Crippen LogP contribution is -2.00. The van der Waals surface area contributed by atoms with Crippen molar-refractivity contribution in [2.75, 3.05) is 13.8 Å². The van der Waals surface area contributed by atoms with Gasteiger partial charge in [-0.05, 0) is 0 Å². The number of hydrogen-bond acceptors (Lipinski definition) is 4. The molecule has 0 saturated heterocycles. The molecular formula is C4H8N2O3. The minimum Gasteiger partial charge on any atom is -0.600 e. The first kappa shape index (κ1) is 7.87. The Hall–Kier alpha value is -1.13. The molecule has 0 rings (SSSR count). The van der Waals surface area contributed by atoms with Crippen molar-refractivity contribution in [2.45, 2.75) is 6.92 Å². The van der Waals surface area contributed by atoms with Gasteiger partial charge in [-0.15, -0.1) is 0 Å². The lowest BCUT2D eigenvalue weighted by Gasteiger charge is -1.93. The van der Waals surface area contributed by atoms with Crippen molar-refractivity contribution in [3.8, 4) is 0 Å². The molecule has 0 saturated carbocycles. The van der Waals surface area contributed by atoms with E-state index in [2.05, 4.69) is 9.85 Å². The van der Waals surface area contributed by atoms with Crippen molar-refractivity contribution in [2.24, 2.45) is 5.11 Å². The van der Waals surface area contributed by atoms with Crippen LogP contribution < -0.4 is 0 Å². The van der Waals surface area contributed by atoms with Gasteiger partial charge in [0.2, 0.25) is 6.73 Å². The van der Waals surface area contributed by atoms with Gasteiger partial charge in [-0.1, -0.05) is 4.86 Å². The van der Waals surface area contributed by atoms with Crippen LogP contribution in [0.3, 0.4) is 0 Å². The Bertz CT molecular complexity index is 128. The van der Waals surface area contributed by atoms with Crippen LogP contribution in [0.4, 0.5) is 0 Å². The van der Waals surface area contributed by atoms with Gasteiger partial charge in [-0.25, -0.2) is 0 Å². The molecule has 5 heteroatoms.